The number of hydrogen-bond acceptors (Lipinski definition) is 4. The van der Waals surface area contributed by atoms with Crippen LogP contribution in [0.1, 0.15) is 56.9 Å². The molecule has 1 N–H and O–H groups in total. The standard InChI is InChI=1S/C24H34N2O3/c1-28-21-5-3-18(4-6-21)24(16-23(17-24)10-2-11-23)22(27)25-19-7-12-26(13-8-19)20-9-14-29-15-20/h3-6,19-20H,2,7-17H2,1H3,(H,25,27). The first-order valence-corrected chi connectivity index (χ1v) is 11.4. The van der Waals surface area contributed by atoms with E-state index in [1.54, 1.807) is 7.11 Å². The Morgan fingerprint density at radius 1 is 1.14 bits per heavy atom. The summed E-state index contributed by atoms with van der Waals surface area (Å²) in [6.07, 6.45) is 9.17. The Kier molecular flexibility index (Phi) is 5.07. The lowest BCUT2D eigenvalue weighted by Crippen LogP contribution is -2.62. The number of benzene rings is 1. The number of ether oxygens (including phenoxy) is 2. The van der Waals surface area contributed by atoms with Gasteiger partial charge in [-0.25, -0.2) is 0 Å². The van der Waals surface area contributed by atoms with Crippen molar-refractivity contribution in [3.63, 3.8) is 0 Å². The zero-order chi connectivity index (χ0) is 19.9. The number of hydrogen-bond donors (Lipinski definition) is 1. The van der Waals surface area contributed by atoms with Crippen molar-refractivity contribution < 1.29 is 14.3 Å². The van der Waals surface area contributed by atoms with E-state index in [0.717, 1.165) is 69.7 Å². The molecule has 0 aromatic heterocycles. The van der Waals surface area contributed by atoms with Crippen molar-refractivity contribution in [1.82, 2.24) is 10.2 Å². The van der Waals surface area contributed by atoms with Crippen LogP contribution in [-0.2, 0) is 14.9 Å². The van der Waals surface area contributed by atoms with Gasteiger partial charge in [-0.2, -0.15) is 0 Å². The van der Waals surface area contributed by atoms with Gasteiger partial charge in [0.05, 0.1) is 19.1 Å². The molecule has 158 valence electrons. The number of rotatable bonds is 5. The number of piperidine rings is 1. The summed E-state index contributed by atoms with van der Waals surface area (Å²) >= 11 is 0. The van der Waals surface area contributed by atoms with E-state index in [1.165, 1.54) is 19.3 Å². The summed E-state index contributed by atoms with van der Waals surface area (Å²) in [5.74, 6) is 1.10. The molecule has 4 aliphatic rings. The SMILES string of the molecule is COc1ccc(C2(C(=O)NC3CCN(C4CCOC4)CC3)CC3(CCC3)C2)cc1. The number of carbonyl (C=O) groups excluding carboxylic acids is 1. The van der Waals surface area contributed by atoms with Crippen molar-refractivity contribution in [2.45, 2.75) is 68.9 Å². The average molecular weight is 399 g/mol. The third-order valence-electron chi connectivity index (χ3n) is 8.13. The predicted molar refractivity (Wildman–Crippen MR) is 112 cm³/mol. The van der Waals surface area contributed by atoms with E-state index in [4.69, 9.17) is 9.47 Å². The molecule has 1 amide bonds. The molecule has 2 saturated carbocycles. The molecule has 1 aromatic rings. The summed E-state index contributed by atoms with van der Waals surface area (Å²) in [7, 11) is 1.69. The van der Waals surface area contributed by atoms with Crippen molar-refractivity contribution in [3.05, 3.63) is 29.8 Å². The van der Waals surface area contributed by atoms with Crippen LogP contribution < -0.4 is 10.1 Å². The highest BCUT2D eigenvalue weighted by molar-refractivity contribution is 5.90. The van der Waals surface area contributed by atoms with Crippen LogP contribution in [0.5, 0.6) is 5.75 Å². The zero-order valence-electron chi connectivity index (χ0n) is 17.6. The second-order valence-corrected chi connectivity index (χ2v) is 9.82. The van der Waals surface area contributed by atoms with Gasteiger partial charge in [0.25, 0.3) is 0 Å². The Hall–Kier alpha value is -1.59. The highest BCUT2D eigenvalue weighted by Gasteiger charge is 2.61. The number of methoxy groups -OCH3 is 1. The Morgan fingerprint density at radius 3 is 2.41 bits per heavy atom. The van der Waals surface area contributed by atoms with Crippen molar-refractivity contribution in [1.29, 1.82) is 0 Å². The molecule has 29 heavy (non-hydrogen) atoms. The van der Waals surface area contributed by atoms with E-state index in [2.05, 4.69) is 22.3 Å². The minimum Gasteiger partial charge on any atom is -0.497 e. The molecule has 2 heterocycles. The van der Waals surface area contributed by atoms with Crippen LogP contribution in [0, 0.1) is 5.41 Å². The molecule has 2 aliphatic carbocycles. The van der Waals surface area contributed by atoms with Crippen LogP contribution in [-0.4, -0.2) is 56.3 Å². The summed E-state index contributed by atoms with van der Waals surface area (Å²) in [5.41, 5.74) is 1.25. The van der Waals surface area contributed by atoms with Gasteiger partial charge in [-0.15, -0.1) is 0 Å². The fourth-order valence-corrected chi connectivity index (χ4v) is 6.21. The van der Waals surface area contributed by atoms with E-state index in [-0.39, 0.29) is 11.3 Å². The van der Waals surface area contributed by atoms with Crippen LogP contribution in [0.4, 0.5) is 0 Å². The van der Waals surface area contributed by atoms with Crippen LogP contribution in [0.15, 0.2) is 24.3 Å². The topological polar surface area (TPSA) is 50.8 Å². The van der Waals surface area contributed by atoms with E-state index in [1.807, 2.05) is 12.1 Å². The van der Waals surface area contributed by atoms with Gasteiger partial charge >= 0.3 is 0 Å². The minimum atomic E-state index is -0.344. The van der Waals surface area contributed by atoms with Crippen LogP contribution in [0.25, 0.3) is 0 Å². The van der Waals surface area contributed by atoms with Gasteiger partial charge in [0, 0.05) is 31.8 Å². The van der Waals surface area contributed by atoms with Gasteiger partial charge in [-0.1, -0.05) is 18.6 Å². The second-order valence-electron chi connectivity index (χ2n) is 9.82. The molecular weight excluding hydrogens is 364 g/mol. The van der Waals surface area contributed by atoms with Gasteiger partial charge in [0.15, 0.2) is 0 Å². The molecule has 0 radical (unpaired) electrons. The fourth-order valence-electron chi connectivity index (χ4n) is 6.21. The monoisotopic (exact) mass is 398 g/mol. The lowest BCUT2D eigenvalue weighted by molar-refractivity contribution is -0.143. The number of likely N-dealkylation sites (tertiary alicyclic amines) is 1. The lowest BCUT2D eigenvalue weighted by Gasteiger charge is -2.60. The minimum absolute atomic E-state index is 0.253. The maximum absolute atomic E-state index is 13.6. The molecule has 5 heteroatoms. The maximum Gasteiger partial charge on any atom is 0.230 e. The van der Waals surface area contributed by atoms with E-state index < -0.39 is 0 Å². The normalized spacial score (nSPS) is 28.5. The van der Waals surface area contributed by atoms with E-state index >= 15 is 0 Å². The first-order chi connectivity index (χ1) is 14.1. The fraction of sp³-hybridized carbons (Fsp3) is 0.708. The largest absolute Gasteiger partial charge is 0.497 e. The van der Waals surface area contributed by atoms with Crippen molar-refractivity contribution in [3.8, 4) is 5.75 Å². The predicted octanol–water partition coefficient (Wildman–Crippen LogP) is 3.27. The smallest absolute Gasteiger partial charge is 0.230 e. The van der Waals surface area contributed by atoms with Gasteiger partial charge in [-0.05, 0) is 68.1 Å². The second kappa shape index (κ2) is 7.59. The number of amides is 1. The molecular formula is C24H34N2O3. The van der Waals surface area contributed by atoms with Crippen LogP contribution in [0.3, 0.4) is 0 Å². The van der Waals surface area contributed by atoms with Crippen molar-refractivity contribution in [2.75, 3.05) is 33.4 Å². The first kappa shape index (κ1) is 19.4. The van der Waals surface area contributed by atoms with Crippen LogP contribution in [0.2, 0.25) is 0 Å². The Balaban J connectivity index is 1.25. The third-order valence-corrected chi connectivity index (χ3v) is 8.13. The lowest BCUT2D eigenvalue weighted by atomic mass is 9.43. The quantitative estimate of drug-likeness (QED) is 0.827. The molecule has 5 rings (SSSR count). The molecule has 2 saturated heterocycles. The molecule has 1 atom stereocenters. The number of carbonyl (C=O) groups is 1. The van der Waals surface area contributed by atoms with Gasteiger partial charge in [-0.3, -0.25) is 9.69 Å². The summed E-state index contributed by atoms with van der Waals surface area (Å²) in [6, 6.07) is 9.09. The maximum atomic E-state index is 13.6. The van der Waals surface area contributed by atoms with E-state index in [0.29, 0.717) is 17.5 Å². The summed E-state index contributed by atoms with van der Waals surface area (Å²) in [6.45, 7) is 3.91. The third kappa shape index (κ3) is 3.46. The summed E-state index contributed by atoms with van der Waals surface area (Å²) < 4.78 is 10.9. The molecule has 0 bridgehead atoms. The first-order valence-electron chi connectivity index (χ1n) is 11.4. The van der Waals surface area contributed by atoms with Crippen LogP contribution >= 0.6 is 0 Å². The Bertz CT molecular complexity index is 721. The molecule has 1 spiro atoms. The van der Waals surface area contributed by atoms with Crippen molar-refractivity contribution >= 4 is 5.91 Å². The number of nitrogens with one attached hydrogen (secondary N) is 1. The van der Waals surface area contributed by atoms with Gasteiger partial charge in [0.1, 0.15) is 5.75 Å². The average Bonchev–Trinajstić information content (AvgIpc) is 3.22. The van der Waals surface area contributed by atoms with Gasteiger partial charge < -0.3 is 14.8 Å². The molecule has 1 unspecified atom stereocenters. The summed E-state index contributed by atoms with van der Waals surface area (Å²) in [5, 5.41) is 3.46. The molecule has 5 nitrogen and oxygen atoms in total. The van der Waals surface area contributed by atoms with Gasteiger partial charge in [0.2, 0.25) is 5.91 Å². The van der Waals surface area contributed by atoms with E-state index in [9.17, 15) is 4.79 Å². The highest BCUT2D eigenvalue weighted by atomic mass is 16.5. The van der Waals surface area contributed by atoms with Crippen molar-refractivity contribution in [2.24, 2.45) is 5.41 Å². The summed E-state index contributed by atoms with van der Waals surface area (Å²) in [4.78, 5) is 16.1. The highest BCUT2D eigenvalue weighted by Crippen LogP contribution is 2.65. The number of nitrogens with zero attached hydrogens (tertiary/aromatic N) is 1. The molecule has 4 fully saturated rings. The Labute approximate surface area is 174 Å². The molecule has 2 aliphatic heterocycles. The zero-order valence-corrected chi connectivity index (χ0v) is 17.6. The molecule has 1 aromatic carbocycles. The Morgan fingerprint density at radius 2 is 1.86 bits per heavy atom.